The largest absolute Gasteiger partial charge is 0.330 e. The molecule has 6 nitrogen and oxygen atoms in total. The highest BCUT2D eigenvalue weighted by Crippen LogP contribution is 2.12. The van der Waals surface area contributed by atoms with Crippen molar-refractivity contribution in [3.05, 3.63) is 0 Å². The number of urea groups is 1. The average molecular weight is 276 g/mol. The Hall–Kier alpha value is -1.02. The molecule has 0 saturated heterocycles. The lowest BCUT2D eigenvalue weighted by Gasteiger charge is -2.21. The van der Waals surface area contributed by atoms with E-state index >= 15 is 0 Å². The smallest absolute Gasteiger partial charge is 0.325 e. The molecule has 17 heavy (non-hydrogen) atoms. The highest BCUT2D eigenvalue weighted by atomic mass is 32.8. The molecule has 1 aliphatic heterocycles. The van der Waals surface area contributed by atoms with Gasteiger partial charge in [-0.25, -0.2) is 9.00 Å². The number of carbonyl (C=O) groups excluding carboxylic acids is 1. The number of amides is 2. The van der Waals surface area contributed by atoms with E-state index in [1.807, 2.05) is 6.92 Å². The fourth-order valence-electron chi connectivity index (χ4n) is 1.28. The van der Waals surface area contributed by atoms with Gasteiger partial charge in [0.05, 0.1) is 0 Å². The zero-order valence-electron chi connectivity index (χ0n) is 10.3. The van der Waals surface area contributed by atoms with Crippen LogP contribution in [-0.2, 0) is 19.7 Å². The molecule has 1 rings (SSSR count). The average Bonchev–Trinajstić information content (AvgIpc) is 2.70. The summed E-state index contributed by atoms with van der Waals surface area (Å²) >= 11 is 0. The van der Waals surface area contributed by atoms with Gasteiger partial charge in [0.25, 0.3) is 0 Å². The number of amidine groups is 1. The van der Waals surface area contributed by atoms with E-state index in [4.69, 9.17) is 0 Å². The third-order valence-electron chi connectivity index (χ3n) is 2.12. The molecule has 0 radical (unpaired) electrons. The van der Waals surface area contributed by atoms with E-state index in [0.29, 0.717) is 15.4 Å². The van der Waals surface area contributed by atoms with E-state index in [9.17, 15) is 9.00 Å². The molecular weight excluding hydrogens is 260 g/mol. The lowest BCUT2D eigenvalue weighted by molar-refractivity contribution is 0.201. The van der Waals surface area contributed by atoms with Crippen molar-refractivity contribution in [1.29, 1.82) is 0 Å². The van der Waals surface area contributed by atoms with Crippen LogP contribution in [-0.4, -0.2) is 51.4 Å². The summed E-state index contributed by atoms with van der Waals surface area (Å²) < 4.78 is 11.1. The lowest BCUT2D eigenvalue weighted by Crippen LogP contribution is -2.42. The van der Waals surface area contributed by atoms with Crippen molar-refractivity contribution in [2.45, 2.75) is 19.8 Å². The molecule has 0 aromatic carbocycles. The first-order valence-corrected chi connectivity index (χ1v) is 7.65. The maximum Gasteiger partial charge on any atom is 0.325 e. The van der Waals surface area contributed by atoms with Gasteiger partial charge in [0.15, 0.2) is 0 Å². The molecule has 0 bridgehead atoms. The van der Waals surface area contributed by atoms with Gasteiger partial charge in [-0.15, -0.1) is 10.2 Å². The van der Waals surface area contributed by atoms with E-state index in [1.54, 1.807) is 21.1 Å². The van der Waals surface area contributed by atoms with Crippen LogP contribution >= 0.6 is 0 Å². The molecule has 0 spiro atoms. The monoisotopic (exact) mass is 276 g/mol. The van der Waals surface area contributed by atoms with Crippen molar-refractivity contribution >= 4 is 35.9 Å². The second-order valence-corrected chi connectivity index (χ2v) is 6.62. The Bertz CT molecular complexity index is 438. The van der Waals surface area contributed by atoms with Gasteiger partial charge in [-0.3, -0.25) is 4.90 Å². The molecule has 1 heterocycles. The molecule has 0 fully saturated rings. The minimum atomic E-state index is -0.737. The Morgan fingerprint density at radius 1 is 1.35 bits per heavy atom. The highest BCUT2D eigenvalue weighted by molar-refractivity contribution is 8.47. The molecular formula is C9H16N4O2S2. The zero-order valence-corrected chi connectivity index (χ0v) is 12.0. The van der Waals surface area contributed by atoms with Gasteiger partial charge in [-0.05, 0) is 12.8 Å². The topological polar surface area (TPSA) is 65.3 Å². The van der Waals surface area contributed by atoms with Crippen molar-refractivity contribution in [2.75, 3.05) is 21.1 Å². The van der Waals surface area contributed by atoms with Gasteiger partial charge < -0.3 is 4.90 Å². The van der Waals surface area contributed by atoms with E-state index in [0.717, 1.165) is 17.9 Å². The number of rotatable bonds is 2. The molecule has 0 aliphatic carbocycles. The molecule has 0 N–H and O–H groups in total. The molecule has 96 valence electrons. The molecule has 8 heteroatoms. The Kier molecular flexibility index (Phi) is 5.01. The van der Waals surface area contributed by atoms with Crippen molar-refractivity contribution in [3.8, 4) is 0 Å². The first-order chi connectivity index (χ1) is 8.02. The summed E-state index contributed by atoms with van der Waals surface area (Å²) in [4.78, 5) is 14.6. The van der Waals surface area contributed by atoms with Crippen LogP contribution < -0.4 is 0 Å². The van der Waals surface area contributed by atoms with Crippen LogP contribution in [0.15, 0.2) is 10.2 Å². The van der Waals surface area contributed by atoms with E-state index < -0.39 is 9.45 Å². The molecule has 2 amide bonds. The van der Waals surface area contributed by atoms with Crippen molar-refractivity contribution in [3.63, 3.8) is 0 Å². The summed E-state index contributed by atoms with van der Waals surface area (Å²) in [5.41, 5.74) is 0. The van der Waals surface area contributed by atoms with E-state index in [2.05, 4.69) is 10.2 Å². The van der Waals surface area contributed by atoms with Crippen LogP contribution in [0.25, 0.3) is 0 Å². The van der Waals surface area contributed by atoms with Gasteiger partial charge in [0.2, 0.25) is 5.17 Å². The lowest BCUT2D eigenvalue weighted by atomic mass is 10.4. The van der Waals surface area contributed by atoms with Gasteiger partial charge in [-0.2, -0.15) is 0 Å². The summed E-state index contributed by atoms with van der Waals surface area (Å²) in [5.74, 6) is 0. The summed E-state index contributed by atoms with van der Waals surface area (Å²) in [6.07, 6.45) is 1.66. The van der Waals surface area contributed by atoms with Crippen LogP contribution in [0.4, 0.5) is 4.79 Å². The van der Waals surface area contributed by atoms with E-state index in [-0.39, 0.29) is 6.03 Å². The Labute approximate surface area is 106 Å². The molecule has 0 aromatic rings. The number of hydrogen-bond acceptors (Lipinski definition) is 4. The van der Waals surface area contributed by atoms with E-state index in [1.165, 1.54) is 9.80 Å². The third kappa shape index (κ3) is 3.01. The Morgan fingerprint density at radius 2 is 2.00 bits per heavy atom. The van der Waals surface area contributed by atoms with Crippen molar-refractivity contribution < 1.29 is 9.00 Å². The fraction of sp³-hybridized carbons (Fsp3) is 0.667. The molecule has 1 unspecified atom stereocenters. The van der Waals surface area contributed by atoms with Crippen LogP contribution in [0.5, 0.6) is 0 Å². The molecule has 0 aromatic heterocycles. The Balaban J connectivity index is 2.90. The predicted molar refractivity (Wildman–Crippen MR) is 72.1 cm³/mol. The van der Waals surface area contributed by atoms with Crippen LogP contribution in [0.1, 0.15) is 19.8 Å². The maximum absolute atomic E-state index is 11.8. The molecule has 1 aliphatic rings. The van der Waals surface area contributed by atoms with Crippen LogP contribution in [0.2, 0.25) is 0 Å². The third-order valence-corrected chi connectivity index (χ3v) is 5.08. The standard InChI is InChI=1S/C9H16N4O2S2/c1-5-6-7-10-11-8(17(7)16-15)13(4)9(14)12(2)3/h5-6H2,1-4H3. The zero-order chi connectivity index (χ0) is 13.0. The van der Waals surface area contributed by atoms with Crippen LogP contribution in [0, 0.1) is 0 Å². The minimum Gasteiger partial charge on any atom is -0.330 e. The van der Waals surface area contributed by atoms with Gasteiger partial charge in [-0.1, -0.05) is 6.92 Å². The second-order valence-electron chi connectivity index (χ2n) is 3.70. The second kappa shape index (κ2) is 6.06. The first kappa shape index (κ1) is 14.0. The predicted octanol–water partition coefficient (Wildman–Crippen LogP) is 0.829. The summed E-state index contributed by atoms with van der Waals surface area (Å²) in [6, 6.07) is -0.205. The SMILES string of the molecule is CCCC1=NN=C(N(C)C(=O)N(C)C)S1=S=O. The summed E-state index contributed by atoms with van der Waals surface area (Å²) in [7, 11) is 4.64. The Morgan fingerprint density at radius 3 is 2.47 bits per heavy atom. The number of hydrogen-bond donors (Lipinski definition) is 0. The summed E-state index contributed by atoms with van der Waals surface area (Å²) in [5, 5.41) is 9.20. The molecule has 1 atom stereocenters. The van der Waals surface area contributed by atoms with Crippen LogP contribution in [0.3, 0.4) is 0 Å². The fourth-order valence-corrected chi connectivity index (χ4v) is 3.78. The maximum atomic E-state index is 11.8. The highest BCUT2D eigenvalue weighted by Gasteiger charge is 2.27. The van der Waals surface area contributed by atoms with Gasteiger partial charge in [0, 0.05) is 30.6 Å². The number of carbonyl (C=O) groups is 1. The van der Waals surface area contributed by atoms with Gasteiger partial charge in [0.1, 0.15) is 15.3 Å². The number of nitrogens with zero attached hydrogens (tertiary/aromatic N) is 4. The van der Waals surface area contributed by atoms with Crippen molar-refractivity contribution in [1.82, 2.24) is 9.80 Å². The summed E-state index contributed by atoms with van der Waals surface area (Å²) in [6.45, 7) is 2.02. The first-order valence-electron chi connectivity index (χ1n) is 5.17. The quantitative estimate of drug-likeness (QED) is 0.750. The normalized spacial score (nSPS) is 18.5. The minimum absolute atomic E-state index is 0.205. The van der Waals surface area contributed by atoms with Crippen molar-refractivity contribution in [2.24, 2.45) is 10.2 Å². The molecule has 0 saturated carbocycles. The van der Waals surface area contributed by atoms with Gasteiger partial charge >= 0.3 is 6.03 Å².